The second kappa shape index (κ2) is 4.52. The molecule has 0 aliphatic heterocycles. The average Bonchev–Trinajstić information content (AvgIpc) is 2.63. The minimum absolute atomic E-state index is 0.0486. The number of halogens is 2. The van der Waals surface area contributed by atoms with E-state index in [0.29, 0.717) is 6.54 Å². The lowest BCUT2D eigenvalue weighted by molar-refractivity contribution is 0.575. The third kappa shape index (κ3) is 2.52. The fourth-order valence-corrected chi connectivity index (χ4v) is 1.94. The van der Waals surface area contributed by atoms with Crippen molar-refractivity contribution in [1.82, 2.24) is 9.97 Å². The summed E-state index contributed by atoms with van der Waals surface area (Å²) in [5, 5.41) is 3.74. The van der Waals surface area contributed by atoms with E-state index in [0.717, 1.165) is 22.1 Å². The molecule has 0 bridgehead atoms. The van der Waals surface area contributed by atoms with Gasteiger partial charge in [0.05, 0.1) is 17.7 Å². The van der Waals surface area contributed by atoms with Crippen molar-refractivity contribution in [2.75, 3.05) is 5.32 Å². The fourth-order valence-electron chi connectivity index (χ4n) is 1.20. The molecule has 1 N–H and O–H groups in total. The van der Waals surface area contributed by atoms with Crippen LogP contribution in [0.1, 0.15) is 9.88 Å². The Labute approximate surface area is 95.2 Å². The van der Waals surface area contributed by atoms with Crippen molar-refractivity contribution in [2.45, 2.75) is 13.5 Å². The maximum Gasteiger partial charge on any atom is 0.168 e. The molecule has 0 aromatic carbocycles. The molecule has 2 rings (SSSR count). The molecule has 0 radical (unpaired) electrons. The van der Waals surface area contributed by atoms with Crippen LogP contribution in [-0.4, -0.2) is 9.97 Å². The summed E-state index contributed by atoms with van der Waals surface area (Å²) in [6, 6.07) is 0.799. The Morgan fingerprint density at radius 2 is 2.12 bits per heavy atom. The molecule has 6 heteroatoms. The van der Waals surface area contributed by atoms with Gasteiger partial charge in [-0.15, -0.1) is 11.3 Å². The van der Waals surface area contributed by atoms with Gasteiger partial charge in [-0.3, -0.25) is 0 Å². The van der Waals surface area contributed by atoms with Gasteiger partial charge in [0.1, 0.15) is 5.82 Å². The predicted molar refractivity (Wildman–Crippen MR) is 58.3 cm³/mol. The van der Waals surface area contributed by atoms with Crippen molar-refractivity contribution >= 4 is 17.2 Å². The van der Waals surface area contributed by atoms with Crippen LogP contribution in [0.5, 0.6) is 0 Å². The van der Waals surface area contributed by atoms with E-state index in [1.165, 1.54) is 11.3 Å². The molecule has 0 saturated carbocycles. The van der Waals surface area contributed by atoms with Gasteiger partial charge in [-0.05, 0) is 6.92 Å². The summed E-state index contributed by atoms with van der Waals surface area (Å²) >= 11 is 1.52. The van der Waals surface area contributed by atoms with E-state index in [-0.39, 0.29) is 5.82 Å². The molecule has 0 aliphatic carbocycles. The number of pyridine rings is 1. The number of rotatable bonds is 3. The molecule has 2 aromatic rings. The van der Waals surface area contributed by atoms with Gasteiger partial charge in [-0.2, -0.15) is 0 Å². The summed E-state index contributed by atoms with van der Waals surface area (Å²) in [6.07, 6.45) is 2.69. The maximum absolute atomic E-state index is 13.2. The van der Waals surface area contributed by atoms with Crippen LogP contribution in [0.15, 0.2) is 18.5 Å². The molecule has 0 spiro atoms. The number of thiazole rings is 1. The summed E-state index contributed by atoms with van der Waals surface area (Å²) in [4.78, 5) is 8.67. The van der Waals surface area contributed by atoms with Crippen molar-refractivity contribution in [3.05, 3.63) is 40.0 Å². The zero-order chi connectivity index (χ0) is 11.5. The normalized spacial score (nSPS) is 10.4. The average molecular weight is 241 g/mol. The summed E-state index contributed by atoms with van der Waals surface area (Å²) in [6.45, 7) is 2.33. The van der Waals surface area contributed by atoms with E-state index in [1.807, 2.05) is 6.92 Å². The topological polar surface area (TPSA) is 37.8 Å². The predicted octanol–water partition coefficient (Wildman–Crippen LogP) is 2.74. The van der Waals surface area contributed by atoms with Crippen LogP contribution in [0.3, 0.4) is 0 Å². The highest BCUT2D eigenvalue weighted by atomic mass is 32.1. The highest BCUT2D eigenvalue weighted by molar-refractivity contribution is 7.11. The second-order valence-electron chi connectivity index (χ2n) is 3.18. The zero-order valence-electron chi connectivity index (χ0n) is 8.50. The Balaban J connectivity index is 2.04. The molecular formula is C10H9F2N3S. The van der Waals surface area contributed by atoms with Gasteiger partial charge in [0.2, 0.25) is 0 Å². The van der Waals surface area contributed by atoms with Crippen molar-refractivity contribution in [1.29, 1.82) is 0 Å². The molecule has 0 atom stereocenters. The molecule has 2 heterocycles. The third-order valence-corrected chi connectivity index (χ3v) is 2.82. The van der Waals surface area contributed by atoms with Crippen molar-refractivity contribution < 1.29 is 8.78 Å². The number of aryl methyl sites for hydroxylation is 1. The molecule has 0 amide bonds. The van der Waals surface area contributed by atoms with Gasteiger partial charge < -0.3 is 5.32 Å². The Morgan fingerprint density at radius 3 is 2.75 bits per heavy atom. The number of aromatic nitrogens is 2. The van der Waals surface area contributed by atoms with Gasteiger partial charge in [-0.25, -0.2) is 18.7 Å². The van der Waals surface area contributed by atoms with E-state index < -0.39 is 11.6 Å². The first kappa shape index (κ1) is 10.9. The minimum atomic E-state index is -0.693. The Bertz CT molecular complexity index is 499. The molecule has 16 heavy (non-hydrogen) atoms. The summed E-state index contributed by atoms with van der Waals surface area (Å²) < 4.78 is 25.8. The van der Waals surface area contributed by atoms with Gasteiger partial charge in [-0.1, -0.05) is 0 Å². The third-order valence-electron chi connectivity index (χ3n) is 1.91. The lowest BCUT2D eigenvalue weighted by atomic mass is 10.4. The monoisotopic (exact) mass is 241 g/mol. The number of hydrogen-bond donors (Lipinski definition) is 1. The highest BCUT2D eigenvalue weighted by Crippen LogP contribution is 2.15. The summed E-state index contributed by atoms with van der Waals surface area (Å²) in [5.41, 5.74) is 0. The quantitative estimate of drug-likeness (QED) is 0.897. The molecule has 0 aliphatic rings. The Kier molecular flexibility index (Phi) is 3.09. The van der Waals surface area contributed by atoms with Gasteiger partial charge in [0.15, 0.2) is 11.6 Å². The molecule has 2 aromatic heterocycles. The first-order chi connectivity index (χ1) is 7.65. The van der Waals surface area contributed by atoms with Crippen LogP contribution in [-0.2, 0) is 6.54 Å². The molecular weight excluding hydrogens is 232 g/mol. The molecule has 84 valence electrons. The van der Waals surface area contributed by atoms with Crippen LogP contribution in [0.4, 0.5) is 14.6 Å². The first-order valence-electron chi connectivity index (χ1n) is 4.61. The van der Waals surface area contributed by atoms with Crippen LogP contribution < -0.4 is 5.32 Å². The zero-order valence-corrected chi connectivity index (χ0v) is 9.31. The molecule has 0 fully saturated rings. The van der Waals surface area contributed by atoms with Crippen LogP contribution in [0, 0.1) is 18.6 Å². The van der Waals surface area contributed by atoms with Crippen molar-refractivity contribution in [3.8, 4) is 0 Å². The SMILES string of the molecule is Cc1ncc(CNc2ncc(F)cc2F)s1. The standard InChI is InChI=1S/C10H9F2N3S/c1-6-13-4-8(16-6)5-15-10-9(12)2-7(11)3-14-10/h2-4H,5H2,1H3,(H,14,15). The number of anilines is 1. The second-order valence-corrected chi connectivity index (χ2v) is 4.50. The number of nitrogens with one attached hydrogen (secondary N) is 1. The van der Waals surface area contributed by atoms with E-state index >= 15 is 0 Å². The summed E-state index contributed by atoms with van der Waals surface area (Å²) in [5.74, 6) is -1.33. The lowest BCUT2D eigenvalue weighted by Crippen LogP contribution is -2.02. The Hall–Kier alpha value is -1.56. The minimum Gasteiger partial charge on any atom is -0.363 e. The Morgan fingerprint density at radius 1 is 1.31 bits per heavy atom. The van der Waals surface area contributed by atoms with Gasteiger partial charge in [0, 0.05) is 17.1 Å². The van der Waals surface area contributed by atoms with Crippen LogP contribution >= 0.6 is 11.3 Å². The van der Waals surface area contributed by atoms with Crippen LogP contribution in [0.2, 0.25) is 0 Å². The molecule has 0 saturated heterocycles. The van der Waals surface area contributed by atoms with Gasteiger partial charge >= 0.3 is 0 Å². The smallest absolute Gasteiger partial charge is 0.168 e. The molecule has 0 unspecified atom stereocenters. The van der Waals surface area contributed by atoms with E-state index in [1.54, 1.807) is 6.20 Å². The highest BCUT2D eigenvalue weighted by Gasteiger charge is 2.05. The van der Waals surface area contributed by atoms with Gasteiger partial charge in [0.25, 0.3) is 0 Å². The molecule has 3 nitrogen and oxygen atoms in total. The number of hydrogen-bond acceptors (Lipinski definition) is 4. The van der Waals surface area contributed by atoms with E-state index in [2.05, 4.69) is 15.3 Å². The summed E-state index contributed by atoms with van der Waals surface area (Å²) in [7, 11) is 0. The van der Waals surface area contributed by atoms with E-state index in [4.69, 9.17) is 0 Å². The fraction of sp³-hybridized carbons (Fsp3) is 0.200. The lowest BCUT2D eigenvalue weighted by Gasteiger charge is -2.04. The first-order valence-corrected chi connectivity index (χ1v) is 5.43. The van der Waals surface area contributed by atoms with E-state index in [9.17, 15) is 8.78 Å². The number of nitrogens with zero attached hydrogens (tertiary/aromatic N) is 2. The van der Waals surface area contributed by atoms with Crippen molar-refractivity contribution in [2.24, 2.45) is 0 Å². The van der Waals surface area contributed by atoms with Crippen LogP contribution in [0.25, 0.3) is 0 Å². The van der Waals surface area contributed by atoms with Crippen molar-refractivity contribution in [3.63, 3.8) is 0 Å². The maximum atomic E-state index is 13.2. The largest absolute Gasteiger partial charge is 0.363 e.